The van der Waals surface area contributed by atoms with E-state index in [0.717, 1.165) is 30.5 Å². The highest BCUT2D eigenvalue weighted by Gasteiger charge is 2.33. The zero-order valence-corrected chi connectivity index (χ0v) is 11.4. The van der Waals surface area contributed by atoms with Crippen LogP contribution in [0.1, 0.15) is 34.8 Å². The number of hydrogen-bond donors (Lipinski definition) is 1. The minimum absolute atomic E-state index is 0.122. The van der Waals surface area contributed by atoms with Crippen molar-refractivity contribution < 1.29 is 13.6 Å². The second kappa shape index (κ2) is 5.64. The molecule has 1 N–H and O–H groups in total. The molecule has 1 saturated carbocycles. The van der Waals surface area contributed by atoms with Gasteiger partial charge in [0, 0.05) is 6.07 Å². The van der Waals surface area contributed by atoms with E-state index < -0.39 is 17.5 Å². The zero-order chi connectivity index (χ0) is 14.8. The summed E-state index contributed by atoms with van der Waals surface area (Å²) in [6.07, 6.45) is 2.09. The van der Waals surface area contributed by atoms with Crippen LogP contribution in [0.2, 0.25) is 0 Å². The van der Waals surface area contributed by atoms with Crippen molar-refractivity contribution in [2.75, 3.05) is 0 Å². The van der Waals surface area contributed by atoms with Crippen LogP contribution in [0.5, 0.6) is 0 Å². The lowest BCUT2D eigenvalue weighted by molar-refractivity contribution is 0.0927. The van der Waals surface area contributed by atoms with E-state index in [2.05, 4.69) is 5.32 Å². The number of hydrogen-bond acceptors (Lipinski definition) is 1. The van der Waals surface area contributed by atoms with Crippen LogP contribution in [-0.2, 0) is 0 Å². The van der Waals surface area contributed by atoms with Gasteiger partial charge in [-0.2, -0.15) is 0 Å². The second-order valence-electron chi connectivity index (χ2n) is 5.32. The average Bonchev–Trinajstić information content (AvgIpc) is 3.30. The van der Waals surface area contributed by atoms with Crippen molar-refractivity contribution in [2.45, 2.75) is 18.9 Å². The first kappa shape index (κ1) is 13.7. The zero-order valence-electron chi connectivity index (χ0n) is 11.4. The summed E-state index contributed by atoms with van der Waals surface area (Å²) in [7, 11) is 0. The molecule has 1 fully saturated rings. The number of benzene rings is 2. The predicted molar refractivity (Wildman–Crippen MR) is 75.7 cm³/mol. The van der Waals surface area contributed by atoms with Crippen molar-refractivity contribution in [2.24, 2.45) is 5.92 Å². The quantitative estimate of drug-likeness (QED) is 0.909. The van der Waals surface area contributed by atoms with Crippen molar-refractivity contribution in [1.82, 2.24) is 5.32 Å². The SMILES string of the molecule is O=C(NC(c1ccccc1)C1CC1)c1ccc(F)cc1F. The molecule has 1 aliphatic rings. The third-order valence-corrected chi connectivity index (χ3v) is 3.71. The Balaban J connectivity index is 1.81. The maximum atomic E-state index is 13.7. The van der Waals surface area contributed by atoms with Gasteiger partial charge in [0.15, 0.2) is 0 Å². The molecule has 1 atom stereocenters. The lowest BCUT2D eigenvalue weighted by atomic mass is 10.0. The molecule has 0 heterocycles. The highest BCUT2D eigenvalue weighted by Crippen LogP contribution is 2.41. The van der Waals surface area contributed by atoms with Gasteiger partial charge in [-0.1, -0.05) is 30.3 Å². The molecule has 1 unspecified atom stereocenters. The first-order valence-electron chi connectivity index (χ1n) is 6.96. The number of carbonyl (C=O) groups is 1. The molecule has 2 nitrogen and oxygen atoms in total. The Labute approximate surface area is 121 Å². The fourth-order valence-electron chi connectivity index (χ4n) is 2.46. The third-order valence-electron chi connectivity index (χ3n) is 3.71. The lowest BCUT2D eigenvalue weighted by Gasteiger charge is -2.19. The molecule has 0 bridgehead atoms. The lowest BCUT2D eigenvalue weighted by Crippen LogP contribution is -2.30. The van der Waals surface area contributed by atoms with Crippen LogP contribution in [0.4, 0.5) is 8.78 Å². The minimum atomic E-state index is -0.838. The molecule has 2 aromatic carbocycles. The van der Waals surface area contributed by atoms with Crippen molar-refractivity contribution in [3.63, 3.8) is 0 Å². The average molecular weight is 287 g/mol. The summed E-state index contributed by atoms with van der Waals surface area (Å²) in [5.41, 5.74) is 0.883. The standard InChI is InChI=1S/C17H15F2NO/c18-13-8-9-14(15(19)10-13)17(21)20-16(12-6-7-12)11-4-2-1-3-5-11/h1-5,8-10,12,16H,6-7H2,(H,20,21). The van der Waals surface area contributed by atoms with Crippen molar-refractivity contribution in [1.29, 1.82) is 0 Å². The van der Waals surface area contributed by atoms with Crippen LogP contribution in [0.3, 0.4) is 0 Å². The van der Waals surface area contributed by atoms with Crippen molar-refractivity contribution >= 4 is 5.91 Å². The summed E-state index contributed by atoms with van der Waals surface area (Å²) in [5.74, 6) is -1.64. The van der Waals surface area contributed by atoms with Gasteiger partial charge in [0.1, 0.15) is 11.6 Å². The molecule has 2 aromatic rings. The largest absolute Gasteiger partial charge is 0.345 e. The third kappa shape index (κ3) is 3.10. The molecule has 3 rings (SSSR count). The number of amides is 1. The summed E-state index contributed by atoms with van der Waals surface area (Å²) in [6, 6.07) is 12.5. The van der Waals surface area contributed by atoms with E-state index in [1.54, 1.807) is 0 Å². The molecular weight excluding hydrogens is 272 g/mol. The molecular formula is C17H15F2NO. The summed E-state index contributed by atoms with van der Waals surface area (Å²) < 4.78 is 26.6. The van der Waals surface area contributed by atoms with E-state index in [1.165, 1.54) is 6.07 Å². The Hall–Kier alpha value is -2.23. The van der Waals surface area contributed by atoms with Crippen LogP contribution >= 0.6 is 0 Å². The van der Waals surface area contributed by atoms with Gasteiger partial charge < -0.3 is 5.32 Å². The number of carbonyl (C=O) groups excluding carboxylic acids is 1. The molecule has 0 spiro atoms. The Morgan fingerprint density at radius 2 is 1.81 bits per heavy atom. The van der Waals surface area contributed by atoms with E-state index in [1.807, 2.05) is 30.3 Å². The van der Waals surface area contributed by atoms with E-state index in [9.17, 15) is 13.6 Å². The summed E-state index contributed by atoms with van der Waals surface area (Å²) >= 11 is 0. The van der Waals surface area contributed by atoms with E-state index in [0.29, 0.717) is 5.92 Å². The van der Waals surface area contributed by atoms with Gasteiger partial charge in [-0.3, -0.25) is 4.79 Å². The van der Waals surface area contributed by atoms with Gasteiger partial charge in [0.25, 0.3) is 5.91 Å². The van der Waals surface area contributed by atoms with Gasteiger partial charge in [-0.25, -0.2) is 8.78 Å². The molecule has 108 valence electrons. The summed E-state index contributed by atoms with van der Waals surface area (Å²) in [4.78, 5) is 12.2. The normalized spacial score (nSPS) is 15.5. The first-order chi connectivity index (χ1) is 10.1. The maximum Gasteiger partial charge on any atom is 0.254 e. The van der Waals surface area contributed by atoms with Crippen molar-refractivity contribution in [3.05, 3.63) is 71.3 Å². The van der Waals surface area contributed by atoms with Crippen LogP contribution in [-0.4, -0.2) is 5.91 Å². The van der Waals surface area contributed by atoms with Gasteiger partial charge in [-0.05, 0) is 36.5 Å². The highest BCUT2D eigenvalue weighted by molar-refractivity contribution is 5.94. The van der Waals surface area contributed by atoms with Crippen LogP contribution < -0.4 is 5.32 Å². The Bertz CT molecular complexity index is 653. The maximum absolute atomic E-state index is 13.7. The minimum Gasteiger partial charge on any atom is -0.345 e. The van der Waals surface area contributed by atoms with Gasteiger partial charge in [-0.15, -0.1) is 0 Å². The molecule has 1 aliphatic carbocycles. The van der Waals surface area contributed by atoms with Crippen LogP contribution in [0, 0.1) is 17.6 Å². The van der Waals surface area contributed by atoms with Gasteiger partial charge >= 0.3 is 0 Å². The highest BCUT2D eigenvalue weighted by atomic mass is 19.1. The molecule has 0 saturated heterocycles. The Kier molecular flexibility index (Phi) is 3.69. The number of rotatable bonds is 4. The molecule has 1 amide bonds. The Morgan fingerprint density at radius 3 is 2.43 bits per heavy atom. The Morgan fingerprint density at radius 1 is 1.10 bits per heavy atom. The number of nitrogens with one attached hydrogen (secondary N) is 1. The molecule has 0 aliphatic heterocycles. The fraction of sp³-hybridized carbons (Fsp3) is 0.235. The summed E-state index contributed by atoms with van der Waals surface area (Å²) in [6.45, 7) is 0. The van der Waals surface area contributed by atoms with Crippen LogP contribution in [0.15, 0.2) is 48.5 Å². The van der Waals surface area contributed by atoms with Crippen LogP contribution in [0.25, 0.3) is 0 Å². The molecule has 0 radical (unpaired) electrons. The predicted octanol–water partition coefficient (Wildman–Crippen LogP) is 3.85. The second-order valence-corrected chi connectivity index (χ2v) is 5.32. The van der Waals surface area contributed by atoms with Gasteiger partial charge in [0.05, 0.1) is 11.6 Å². The number of halogens is 2. The molecule has 0 aromatic heterocycles. The van der Waals surface area contributed by atoms with Crippen molar-refractivity contribution in [3.8, 4) is 0 Å². The fourth-order valence-corrected chi connectivity index (χ4v) is 2.46. The first-order valence-corrected chi connectivity index (χ1v) is 6.96. The topological polar surface area (TPSA) is 29.1 Å². The smallest absolute Gasteiger partial charge is 0.254 e. The van der Waals surface area contributed by atoms with E-state index >= 15 is 0 Å². The monoisotopic (exact) mass is 287 g/mol. The van der Waals surface area contributed by atoms with Gasteiger partial charge in [0.2, 0.25) is 0 Å². The molecule has 21 heavy (non-hydrogen) atoms. The molecule has 4 heteroatoms. The summed E-state index contributed by atoms with van der Waals surface area (Å²) in [5, 5.41) is 2.87. The van der Waals surface area contributed by atoms with E-state index in [4.69, 9.17) is 0 Å². The van der Waals surface area contributed by atoms with E-state index in [-0.39, 0.29) is 11.6 Å².